The van der Waals surface area contributed by atoms with Crippen LogP contribution in [0.15, 0.2) is 146 Å². The van der Waals surface area contributed by atoms with Crippen LogP contribution in [0.3, 0.4) is 0 Å². The maximum atomic E-state index is 14.1. The molecule has 0 bridgehead atoms. The van der Waals surface area contributed by atoms with Crippen molar-refractivity contribution in [3.63, 3.8) is 0 Å². The van der Waals surface area contributed by atoms with Gasteiger partial charge in [0.15, 0.2) is 0 Å². The molecular weight excluding hydrogens is 1020 g/mol. The zero-order valence-electron chi connectivity index (χ0n) is 43.0. The molecule has 78 heavy (non-hydrogen) atoms. The van der Waals surface area contributed by atoms with Crippen LogP contribution in [-0.2, 0) is 22.6 Å². The number of carbonyl (C=O) groups is 3. The molecule has 0 aromatic heterocycles. The van der Waals surface area contributed by atoms with E-state index < -0.39 is 47.5 Å². The average Bonchev–Trinajstić information content (AvgIpc) is 3.99. The Kier molecular flexibility index (Phi) is 18.5. The van der Waals surface area contributed by atoms with E-state index in [1.165, 1.54) is 24.3 Å². The minimum absolute atomic E-state index is 0.0659. The largest absolute Gasteiger partial charge is 0.416 e. The molecule has 0 saturated carbocycles. The van der Waals surface area contributed by atoms with E-state index in [4.69, 9.17) is 0 Å². The normalized spacial score (nSPS) is 14.7. The van der Waals surface area contributed by atoms with Gasteiger partial charge in [0.1, 0.15) is 12.0 Å². The number of alkyl halides is 9. The maximum Gasteiger partial charge on any atom is 0.416 e. The summed E-state index contributed by atoms with van der Waals surface area (Å²) in [5.41, 5.74) is 2.85. The number of fused-ring (bicyclic) bond motifs is 3. The van der Waals surface area contributed by atoms with Crippen LogP contribution in [0.25, 0.3) is 33.4 Å². The summed E-state index contributed by atoms with van der Waals surface area (Å²) < 4.78 is 120. The molecule has 6 aromatic carbocycles. The molecule has 0 radical (unpaired) electrons. The van der Waals surface area contributed by atoms with Crippen molar-refractivity contribution < 1.29 is 53.9 Å². The van der Waals surface area contributed by atoms with Crippen LogP contribution in [0.4, 0.5) is 39.5 Å². The number of nitrogens with one attached hydrogen (secondary N) is 3. The second-order valence-corrected chi connectivity index (χ2v) is 20.1. The number of likely N-dealkylation sites (tertiary alicyclic amines) is 1. The van der Waals surface area contributed by atoms with Gasteiger partial charge in [-0.05, 0) is 152 Å². The molecule has 8 rings (SSSR count). The highest BCUT2D eigenvalue weighted by Gasteiger charge is 2.49. The van der Waals surface area contributed by atoms with E-state index in [1.807, 2.05) is 36.4 Å². The molecule has 3 N–H and O–H groups in total. The van der Waals surface area contributed by atoms with Crippen molar-refractivity contribution in [2.24, 2.45) is 0 Å². The van der Waals surface area contributed by atoms with Crippen molar-refractivity contribution in [2.75, 3.05) is 52.4 Å². The van der Waals surface area contributed by atoms with E-state index in [1.54, 1.807) is 60.7 Å². The van der Waals surface area contributed by atoms with Crippen molar-refractivity contribution in [2.45, 2.75) is 87.8 Å². The predicted molar refractivity (Wildman–Crippen MR) is 284 cm³/mol. The van der Waals surface area contributed by atoms with E-state index in [-0.39, 0.29) is 24.3 Å². The fourth-order valence-electron chi connectivity index (χ4n) is 10.9. The minimum atomic E-state index is -4.60. The van der Waals surface area contributed by atoms with Gasteiger partial charge in [-0.15, -0.1) is 0 Å². The zero-order chi connectivity index (χ0) is 55.5. The number of halogens is 9. The molecule has 1 saturated heterocycles. The zero-order valence-corrected chi connectivity index (χ0v) is 43.0. The summed E-state index contributed by atoms with van der Waals surface area (Å²) >= 11 is 0. The molecule has 3 amide bonds. The molecule has 1 aliphatic carbocycles. The molecule has 2 aliphatic rings. The lowest BCUT2D eigenvalue weighted by molar-refractivity contribution is -0.141. The lowest BCUT2D eigenvalue weighted by Crippen LogP contribution is -2.47. The van der Waals surface area contributed by atoms with Gasteiger partial charge in [-0.1, -0.05) is 122 Å². The topological polar surface area (TPSA) is 93.8 Å². The smallest absolute Gasteiger partial charge is 0.352 e. The molecule has 1 heterocycles. The molecule has 0 spiro atoms. The number of hydrogen-bond donors (Lipinski definition) is 3. The first-order valence-electron chi connectivity index (χ1n) is 26.4. The van der Waals surface area contributed by atoms with E-state index in [9.17, 15) is 53.9 Å². The van der Waals surface area contributed by atoms with Gasteiger partial charge in [0.05, 0.1) is 11.1 Å². The molecular formula is C61H62F9N5O3. The van der Waals surface area contributed by atoms with Gasteiger partial charge in [-0.2, -0.15) is 39.5 Å². The van der Waals surface area contributed by atoms with Crippen LogP contribution in [0, 0.1) is 0 Å². The standard InChI is InChI=1S/C61H62F9N5O3/c62-59(63,64)41-72-57(78)58(53-21-8-6-17-49(53)50-18-7-9-22-54(50)58)33-10-13-37-74(38-14-34-71-55(76)51-19-4-2-15-47(51)42-23-27-44(28-24-42)60(65,66)67)35-11-1-12-36-75-39-31-46(32-40-75)73-56(77)52-20-5-3-16-48(52)43-25-29-45(30-26-43)61(68,69)70/h2-9,15-30,46H,1,10-14,31-41H2,(H,71,76)(H,72,78)(H,73,77). The SMILES string of the molecule is O=C(NCCCN(CCCCCN1CCC(NC(=O)c2ccccc2-c2ccc(C(F)(F)F)cc2)CC1)CCCCC1(C(=O)NCC(F)(F)F)c2ccccc2-c2ccccc21)c1ccccc1-c1ccc(C(F)(F)F)cc1. The fourth-order valence-corrected chi connectivity index (χ4v) is 10.9. The van der Waals surface area contributed by atoms with Crippen LogP contribution in [0.1, 0.15) is 101 Å². The van der Waals surface area contributed by atoms with Crippen molar-refractivity contribution in [3.8, 4) is 33.4 Å². The summed E-state index contributed by atoms with van der Waals surface area (Å²) in [4.78, 5) is 45.9. The Hall–Kier alpha value is -6.98. The second kappa shape index (κ2) is 25.2. The summed E-state index contributed by atoms with van der Waals surface area (Å²) in [6.07, 6.45) is -7.36. The number of amides is 3. The molecule has 1 aliphatic heterocycles. The first kappa shape index (κ1) is 57.2. The van der Waals surface area contributed by atoms with Crippen LogP contribution in [0.2, 0.25) is 0 Å². The quantitative estimate of drug-likeness (QED) is 0.0465. The number of piperidine rings is 1. The molecule has 412 valence electrons. The molecule has 1 fully saturated rings. The Morgan fingerprint density at radius 2 is 0.974 bits per heavy atom. The van der Waals surface area contributed by atoms with Crippen LogP contribution >= 0.6 is 0 Å². The summed E-state index contributed by atoms with van der Waals surface area (Å²) in [5, 5.41) is 8.33. The van der Waals surface area contributed by atoms with E-state index in [0.29, 0.717) is 83.4 Å². The van der Waals surface area contributed by atoms with Crippen LogP contribution < -0.4 is 16.0 Å². The maximum absolute atomic E-state index is 14.1. The van der Waals surface area contributed by atoms with Crippen molar-refractivity contribution >= 4 is 17.7 Å². The first-order valence-corrected chi connectivity index (χ1v) is 26.4. The number of nitrogens with zero attached hydrogens (tertiary/aromatic N) is 2. The third-order valence-corrected chi connectivity index (χ3v) is 14.9. The number of unbranched alkanes of at least 4 members (excludes halogenated alkanes) is 3. The van der Waals surface area contributed by atoms with Crippen molar-refractivity contribution in [3.05, 3.63) is 179 Å². The van der Waals surface area contributed by atoms with Gasteiger partial charge in [0, 0.05) is 36.8 Å². The molecule has 8 nitrogen and oxygen atoms in total. The Balaban J connectivity index is 0.858. The monoisotopic (exact) mass is 1080 g/mol. The van der Waals surface area contributed by atoms with Gasteiger partial charge in [0.2, 0.25) is 5.91 Å². The fraction of sp³-hybridized carbons (Fsp3) is 0.361. The average molecular weight is 1080 g/mol. The lowest BCUT2D eigenvalue weighted by atomic mass is 9.73. The van der Waals surface area contributed by atoms with E-state index in [0.717, 1.165) is 93.7 Å². The summed E-state index contributed by atoms with van der Waals surface area (Å²) in [7, 11) is 0. The van der Waals surface area contributed by atoms with E-state index in [2.05, 4.69) is 25.8 Å². The number of rotatable bonds is 22. The number of hydrogen-bond acceptors (Lipinski definition) is 5. The Morgan fingerprint density at radius 1 is 0.513 bits per heavy atom. The first-order chi connectivity index (χ1) is 37.3. The Bertz CT molecular complexity index is 2940. The third-order valence-electron chi connectivity index (χ3n) is 14.9. The van der Waals surface area contributed by atoms with Gasteiger partial charge >= 0.3 is 18.5 Å². The molecule has 0 atom stereocenters. The second-order valence-electron chi connectivity index (χ2n) is 20.1. The van der Waals surface area contributed by atoms with E-state index >= 15 is 0 Å². The highest BCUT2D eigenvalue weighted by molar-refractivity contribution is 6.02. The predicted octanol–water partition coefficient (Wildman–Crippen LogP) is 13.4. The Morgan fingerprint density at radius 3 is 1.49 bits per heavy atom. The molecule has 17 heteroatoms. The lowest BCUT2D eigenvalue weighted by Gasteiger charge is -2.32. The highest BCUT2D eigenvalue weighted by Crippen LogP contribution is 2.52. The highest BCUT2D eigenvalue weighted by atomic mass is 19.4. The van der Waals surface area contributed by atoms with Crippen molar-refractivity contribution in [1.29, 1.82) is 0 Å². The van der Waals surface area contributed by atoms with Crippen LogP contribution in [0.5, 0.6) is 0 Å². The number of carbonyl (C=O) groups excluding carboxylic acids is 3. The summed E-state index contributed by atoms with van der Waals surface area (Å²) in [6, 6.07) is 37.7. The molecule has 0 unspecified atom stereocenters. The Labute approximate surface area is 448 Å². The minimum Gasteiger partial charge on any atom is -0.352 e. The van der Waals surface area contributed by atoms with Crippen LogP contribution in [-0.4, -0.2) is 92.1 Å². The van der Waals surface area contributed by atoms with Gasteiger partial charge in [0.25, 0.3) is 11.8 Å². The molecule has 6 aromatic rings. The van der Waals surface area contributed by atoms with Gasteiger partial charge < -0.3 is 25.8 Å². The van der Waals surface area contributed by atoms with Gasteiger partial charge in [-0.25, -0.2) is 0 Å². The van der Waals surface area contributed by atoms with Gasteiger partial charge in [-0.3, -0.25) is 14.4 Å². The summed E-state index contributed by atoms with van der Waals surface area (Å²) in [5.74, 6) is -1.34. The third kappa shape index (κ3) is 14.2. The number of benzene rings is 6. The summed E-state index contributed by atoms with van der Waals surface area (Å²) in [6.45, 7) is 3.25. The van der Waals surface area contributed by atoms with Crippen molar-refractivity contribution in [1.82, 2.24) is 25.8 Å².